The average Bonchev–Trinajstić information content (AvgIpc) is 2.57. The highest BCUT2D eigenvalue weighted by Gasteiger charge is 2.24. The second-order valence-electron chi connectivity index (χ2n) is 4.92. The SMILES string of the molecule is C=CC(=N/C=C(\C)C(SCCC=O)c1c(F)ccc(F)c1F)C(N)=O. The molecule has 1 atom stereocenters. The van der Waals surface area contributed by atoms with Gasteiger partial charge in [0, 0.05) is 23.9 Å². The Balaban J connectivity index is 3.34. The lowest BCUT2D eigenvalue weighted by Crippen LogP contribution is -2.20. The Kier molecular flexibility index (Phi) is 8.13. The van der Waals surface area contributed by atoms with E-state index in [1.54, 1.807) is 0 Å². The van der Waals surface area contributed by atoms with Crippen LogP contribution in [-0.4, -0.2) is 23.7 Å². The fourth-order valence-corrected chi connectivity index (χ4v) is 3.09. The van der Waals surface area contributed by atoms with E-state index in [1.165, 1.54) is 13.1 Å². The van der Waals surface area contributed by atoms with E-state index in [4.69, 9.17) is 5.73 Å². The first-order chi connectivity index (χ1) is 11.8. The van der Waals surface area contributed by atoms with Gasteiger partial charge >= 0.3 is 0 Å². The minimum atomic E-state index is -1.31. The molecule has 1 rings (SSSR count). The maximum Gasteiger partial charge on any atom is 0.267 e. The number of nitrogens with zero attached hydrogens (tertiary/aromatic N) is 1. The first-order valence-electron chi connectivity index (χ1n) is 7.18. The molecule has 0 bridgehead atoms. The van der Waals surface area contributed by atoms with Crippen molar-refractivity contribution in [2.24, 2.45) is 10.7 Å². The minimum Gasteiger partial charge on any atom is -0.364 e. The topological polar surface area (TPSA) is 72.5 Å². The zero-order valence-corrected chi connectivity index (χ0v) is 14.3. The van der Waals surface area contributed by atoms with E-state index in [0.717, 1.165) is 23.9 Å². The Bertz CT molecular complexity index is 733. The molecule has 0 aliphatic carbocycles. The quantitative estimate of drug-likeness (QED) is 0.313. The van der Waals surface area contributed by atoms with Crippen molar-refractivity contribution in [1.82, 2.24) is 0 Å². The van der Waals surface area contributed by atoms with Crippen molar-refractivity contribution < 1.29 is 22.8 Å². The van der Waals surface area contributed by atoms with E-state index >= 15 is 0 Å². The van der Waals surface area contributed by atoms with Crippen LogP contribution in [0.25, 0.3) is 0 Å². The number of aldehydes is 1. The smallest absolute Gasteiger partial charge is 0.267 e. The average molecular weight is 370 g/mol. The van der Waals surface area contributed by atoms with Crippen LogP contribution in [0.4, 0.5) is 13.2 Å². The van der Waals surface area contributed by atoms with Crippen LogP contribution in [0.3, 0.4) is 0 Å². The van der Waals surface area contributed by atoms with Crippen molar-refractivity contribution in [2.75, 3.05) is 5.75 Å². The molecular formula is C17H17F3N2O2S. The number of benzene rings is 1. The van der Waals surface area contributed by atoms with Gasteiger partial charge in [-0.3, -0.25) is 9.79 Å². The van der Waals surface area contributed by atoms with Crippen molar-refractivity contribution in [2.45, 2.75) is 18.6 Å². The van der Waals surface area contributed by atoms with E-state index in [1.807, 2.05) is 0 Å². The number of thioether (sulfide) groups is 1. The molecule has 0 saturated carbocycles. The maximum atomic E-state index is 14.1. The summed E-state index contributed by atoms with van der Waals surface area (Å²) >= 11 is 1.05. The minimum absolute atomic E-state index is 0.129. The largest absolute Gasteiger partial charge is 0.364 e. The number of nitrogens with two attached hydrogens (primary N) is 1. The summed E-state index contributed by atoms with van der Waals surface area (Å²) in [5.41, 5.74) is 4.85. The van der Waals surface area contributed by atoms with Crippen molar-refractivity contribution in [1.29, 1.82) is 0 Å². The monoisotopic (exact) mass is 370 g/mol. The molecule has 0 radical (unpaired) electrons. The van der Waals surface area contributed by atoms with Gasteiger partial charge < -0.3 is 10.5 Å². The molecule has 0 spiro atoms. The molecule has 0 fully saturated rings. The van der Waals surface area contributed by atoms with Crippen LogP contribution in [0.5, 0.6) is 0 Å². The van der Waals surface area contributed by atoms with Gasteiger partial charge in [0.05, 0.1) is 5.25 Å². The zero-order chi connectivity index (χ0) is 19.0. The number of carbonyl (C=O) groups is 2. The number of hydrogen-bond acceptors (Lipinski definition) is 4. The number of aliphatic imine (C=N–C) groups is 1. The number of amides is 1. The van der Waals surface area contributed by atoms with Gasteiger partial charge in [-0.05, 0) is 30.7 Å². The lowest BCUT2D eigenvalue weighted by atomic mass is 10.0. The van der Waals surface area contributed by atoms with Gasteiger partial charge in [-0.15, -0.1) is 11.8 Å². The van der Waals surface area contributed by atoms with Gasteiger partial charge in [-0.2, -0.15) is 0 Å². The van der Waals surface area contributed by atoms with Gasteiger partial charge in [0.15, 0.2) is 11.6 Å². The molecule has 25 heavy (non-hydrogen) atoms. The van der Waals surface area contributed by atoms with E-state index in [-0.39, 0.29) is 17.9 Å². The lowest BCUT2D eigenvalue weighted by Gasteiger charge is -2.19. The van der Waals surface area contributed by atoms with E-state index in [2.05, 4.69) is 11.6 Å². The fraction of sp³-hybridized carbons (Fsp3) is 0.235. The van der Waals surface area contributed by atoms with Crippen molar-refractivity contribution in [3.8, 4) is 0 Å². The summed E-state index contributed by atoms with van der Waals surface area (Å²) in [7, 11) is 0. The molecule has 0 aromatic heterocycles. The standard InChI is InChI=1S/C17H17F3N2O2S/c1-3-13(17(21)24)22-9-10(2)16(25-8-4-7-23)14-11(18)5-6-12(19)15(14)20/h3,5-7,9,16H,1,4,8H2,2H3,(H2,21,24)/b10-9+,22-13?. The van der Waals surface area contributed by atoms with Gasteiger partial charge in [0.1, 0.15) is 17.8 Å². The third-order valence-corrected chi connectivity index (χ3v) is 4.54. The molecule has 134 valence electrons. The normalized spacial score (nSPS) is 13.4. The van der Waals surface area contributed by atoms with Gasteiger partial charge in [0.2, 0.25) is 0 Å². The maximum absolute atomic E-state index is 14.1. The second kappa shape index (κ2) is 9.83. The Hall–Kier alpha value is -2.35. The van der Waals surface area contributed by atoms with Crippen molar-refractivity contribution in [3.63, 3.8) is 0 Å². The van der Waals surface area contributed by atoms with Crippen LogP contribution in [-0.2, 0) is 9.59 Å². The van der Waals surface area contributed by atoms with Gasteiger partial charge in [-0.25, -0.2) is 13.2 Å². The van der Waals surface area contributed by atoms with Crippen molar-refractivity contribution in [3.05, 3.63) is 59.6 Å². The molecule has 1 amide bonds. The van der Waals surface area contributed by atoms with E-state index in [9.17, 15) is 22.8 Å². The second-order valence-corrected chi connectivity index (χ2v) is 6.13. The Morgan fingerprint density at radius 2 is 2.00 bits per heavy atom. The summed E-state index contributed by atoms with van der Waals surface area (Å²) in [5.74, 6) is -3.95. The third kappa shape index (κ3) is 5.60. The van der Waals surface area contributed by atoms with E-state index < -0.39 is 34.2 Å². The molecule has 1 aromatic carbocycles. The fourth-order valence-electron chi connectivity index (χ4n) is 1.92. The predicted octanol–water partition coefficient (Wildman–Crippen LogP) is 3.48. The Morgan fingerprint density at radius 3 is 2.56 bits per heavy atom. The summed E-state index contributed by atoms with van der Waals surface area (Å²) in [4.78, 5) is 25.5. The van der Waals surface area contributed by atoms with Gasteiger partial charge in [-0.1, -0.05) is 6.58 Å². The molecule has 1 unspecified atom stereocenters. The summed E-state index contributed by atoms with van der Waals surface area (Å²) in [6.45, 7) is 4.91. The van der Waals surface area contributed by atoms with Crippen LogP contribution in [0, 0.1) is 17.5 Å². The van der Waals surface area contributed by atoms with Crippen LogP contribution in [0.15, 0.2) is 41.6 Å². The summed E-state index contributed by atoms with van der Waals surface area (Å²) in [6, 6.07) is 1.53. The van der Waals surface area contributed by atoms with Crippen LogP contribution in [0.2, 0.25) is 0 Å². The molecule has 1 aromatic rings. The Labute approximate surface area is 147 Å². The molecule has 0 aliphatic rings. The summed E-state index contributed by atoms with van der Waals surface area (Å²) < 4.78 is 41.7. The summed E-state index contributed by atoms with van der Waals surface area (Å²) in [5, 5.41) is -0.932. The highest BCUT2D eigenvalue weighted by molar-refractivity contribution is 7.99. The predicted molar refractivity (Wildman–Crippen MR) is 92.8 cm³/mol. The molecule has 0 heterocycles. The zero-order valence-electron chi connectivity index (χ0n) is 13.5. The van der Waals surface area contributed by atoms with Crippen LogP contribution in [0.1, 0.15) is 24.2 Å². The number of rotatable bonds is 9. The number of carbonyl (C=O) groups excluding carboxylic acids is 2. The summed E-state index contributed by atoms with van der Waals surface area (Å²) in [6.07, 6.45) is 3.19. The van der Waals surface area contributed by atoms with E-state index in [0.29, 0.717) is 17.9 Å². The first kappa shape index (κ1) is 20.7. The highest BCUT2D eigenvalue weighted by atomic mass is 32.2. The highest BCUT2D eigenvalue weighted by Crippen LogP contribution is 2.39. The van der Waals surface area contributed by atoms with Crippen LogP contribution >= 0.6 is 11.8 Å². The molecule has 4 nitrogen and oxygen atoms in total. The lowest BCUT2D eigenvalue weighted by molar-refractivity contribution is -0.112. The first-order valence-corrected chi connectivity index (χ1v) is 8.23. The Morgan fingerprint density at radius 1 is 1.36 bits per heavy atom. The number of halogens is 3. The molecule has 0 aliphatic heterocycles. The number of primary amides is 1. The molecule has 2 N–H and O–H groups in total. The molecular weight excluding hydrogens is 353 g/mol. The third-order valence-electron chi connectivity index (χ3n) is 3.13. The molecule has 0 saturated heterocycles. The van der Waals surface area contributed by atoms with Crippen molar-refractivity contribution >= 4 is 29.7 Å². The van der Waals surface area contributed by atoms with Gasteiger partial charge in [0.25, 0.3) is 5.91 Å². The molecule has 8 heteroatoms. The number of hydrogen-bond donors (Lipinski definition) is 1. The van der Waals surface area contributed by atoms with Crippen LogP contribution < -0.4 is 5.73 Å².